The van der Waals surface area contributed by atoms with Crippen molar-refractivity contribution in [1.82, 2.24) is 4.90 Å². The van der Waals surface area contributed by atoms with Crippen molar-refractivity contribution in [1.29, 1.82) is 0 Å². The highest BCUT2D eigenvalue weighted by molar-refractivity contribution is 5.66. The summed E-state index contributed by atoms with van der Waals surface area (Å²) in [5.41, 5.74) is 0. The van der Waals surface area contributed by atoms with Crippen LogP contribution in [-0.2, 0) is 0 Å². The predicted octanol–water partition coefficient (Wildman–Crippen LogP) is 0.756. The molecule has 0 aliphatic carbocycles. The van der Waals surface area contributed by atoms with Crippen molar-refractivity contribution in [3.63, 3.8) is 0 Å². The van der Waals surface area contributed by atoms with Crippen LogP contribution in [0.15, 0.2) is 0 Å². The van der Waals surface area contributed by atoms with Gasteiger partial charge in [-0.25, -0.2) is 4.79 Å². The minimum absolute atomic E-state index is 0.0162. The first kappa shape index (κ1) is 9.32. The summed E-state index contributed by atoms with van der Waals surface area (Å²) in [7, 11) is 0. The Morgan fingerprint density at radius 3 is 2.50 bits per heavy atom. The van der Waals surface area contributed by atoms with Crippen LogP contribution in [0, 0.1) is 5.92 Å². The molecular weight excluding hydrogens is 158 g/mol. The molecule has 0 aromatic heterocycles. The lowest BCUT2D eigenvalue weighted by atomic mass is 10.0. The van der Waals surface area contributed by atoms with E-state index in [9.17, 15) is 9.90 Å². The zero-order valence-corrected chi connectivity index (χ0v) is 7.40. The molecule has 1 rings (SSSR count). The van der Waals surface area contributed by atoms with Crippen molar-refractivity contribution >= 4 is 6.09 Å². The van der Waals surface area contributed by atoms with Gasteiger partial charge in [0.25, 0.3) is 0 Å². The highest BCUT2D eigenvalue weighted by Gasteiger charge is 2.35. The van der Waals surface area contributed by atoms with E-state index in [-0.39, 0.29) is 18.5 Å². The molecule has 1 saturated heterocycles. The third-order valence-corrected chi connectivity index (χ3v) is 2.34. The Balaban J connectivity index is 2.65. The van der Waals surface area contributed by atoms with E-state index < -0.39 is 12.2 Å². The van der Waals surface area contributed by atoms with Gasteiger partial charge < -0.3 is 15.1 Å². The maximum atomic E-state index is 10.7. The van der Waals surface area contributed by atoms with Gasteiger partial charge in [0.1, 0.15) is 0 Å². The van der Waals surface area contributed by atoms with E-state index in [0.717, 1.165) is 0 Å². The Labute approximate surface area is 71.8 Å². The topological polar surface area (TPSA) is 60.8 Å². The molecule has 1 aliphatic rings. The van der Waals surface area contributed by atoms with Gasteiger partial charge in [-0.2, -0.15) is 0 Å². The highest BCUT2D eigenvalue weighted by Crippen LogP contribution is 2.23. The fourth-order valence-electron chi connectivity index (χ4n) is 1.69. The molecule has 4 heteroatoms. The second-order valence-electron chi connectivity index (χ2n) is 3.64. The molecule has 0 aromatic rings. The van der Waals surface area contributed by atoms with Crippen LogP contribution in [0.5, 0.6) is 0 Å². The number of β-amino-alcohol motifs (C(OH)–C–C–N with tert-alkyl or cyclic N) is 1. The largest absolute Gasteiger partial charge is 0.465 e. The maximum Gasteiger partial charge on any atom is 0.407 e. The van der Waals surface area contributed by atoms with Crippen LogP contribution in [0.4, 0.5) is 4.79 Å². The number of carboxylic acid groups (broad SMARTS) is 1. The summed E-state index contributed by atoms with van der Waals surface area (Å²) >= 11 is 0. The molecule has 70 valence electrons. The molecule has 4 nitrogen and oxygen atoms in total. The monoisotopic (exact) mass is 173 g/mol. The first-order valence-electron chi connectivity index (χ1n) is 4.20. The van der Waals surface area contributed by atoms with Gasteiger partial charge in [-0.3, -0.25) is 0 Å². The summed E-state index contributed by atoms with van der Waals surface area (Å²) in [6, 6.07) is -0.0162. The van der Waals surface area contributed by atoms with Crippen LogP contribution in [0.1, 0.15) is 20.3 Å². The SMILES string of the molecule is CC(C)C1CC(O)CN1C(=O)O. The summed E-state index contributed by atoms with van der Waals surface area (Å²) in [6.45, 7) is 4.20. The van der Waals surface area contributed by atoms with E-state index in [1.165, 1.54) is 4.90 Å². The van der Waals surface area contributed by atoms with Crippen molar-refractivity contribution in [2.24, 2.45) is 5.92 Å². The number of carbonyl (C=O) groups is 1. The van der Waals surface area contributed by atoms with Crippen molar-refractivity contribution in [3.8, 4) is 0 Å². The molecule has 0 bridgehead atoms. The molecule has 12 heavy (non-hydrogen) atoms. The summed E-state index contributed by atoms with van der Waals surface area (Å²) in [4.78, 5) is 12.0. The first-order chi connectivity index (χ1) is 5.52. The van der Waals surface area contributed by atoms with Gasteiger partial charge in [0.15, 0.2) is 0 Å². The Bertz CT molecular complexity index is 181. The fraction of sp³-hybridized carbons (Fsp3) is 0.875. The van der Waals surface area contributed by atoms with Crippen LogP contribution >= 0.6 is 0 Å². The normalized spacial score (nSPS) is 29.8. The van der Waals surface area contributed by atoms with E-state index in [1.807, 2.05) is 13.8 Å². The molecular formula is C8H15NO3. The second-order valence-corrected chi connectivity index (χ2v) is 3.64. The number of aliphatic hydroxyl groups excluding tert-OH is 1. The Kier molecular flexibility index (Phi) is 2.57. The summed E-state index contributed by atoms with van der Waals surface area (Å²) in [5.74, 6) is 0.276. The molecule has 2 unspecified atom stereocenters. The Hall–Kier alpha value is -0.770. The minimum atomic E-state index is -0.926. The number of aliphatic hydroxyl groups is 1. The maximum absolute atomic E-state index is 10.7. The Morgan fingerprint density at radius 1 is 1.58 bits per heavy atom. The minimum Gasteiger partial charge on any atom is -0.465 e. The molecule has 1 aliphatic heterocycles. The van der Waals surface area contributed by atoms with Gasteiger partial charge in [-0.15, -0.1) is 0 Å². The van der Waals surface area contributed by atoms with Crippen molar-refractivity contribution < 1.29 is 15.0 Å². The lowest BCUT2D eigenvalue weighted by Gasteiger charge is -2.23. The quantitative estimate of drug-likeness (QED) is 0.615. The van der Waals surface area contributed by atoms with Crippen molar-refractivity contribution in [3.05, 3.63) is 0 Å². The molecule has 0 aromatic carbocycles. The smallest absolute Gasteiger partial charge is 0.407 e. The van der Waals surface area contributed by atoms with Gasteiger partial charge in [-0.05, 0) is 12.3 Å². The molecule has 0 radical (unpaired) electrons. The number of amides is 1. The second kappa shape index (κ2) is 3.31. The van der Waals surface area contributed by atoms with E-state index in [1.54, 1.807) is 0 Å². The first-order valence-corrected chi connectivity index (χ1v) is 4.20. The fourth-order valence-corrected chi connectivity index (χ4v) is 1.69. The lowest BCUT2D eigenvalue weighted by molar-refractivity contribution is 0.124. The summed E-state index contributed by atoms with van der Waals surface area (Å²) in [6.07, 6.45) is -0.831. The van der Waals surface area contributed by atoms with Gasteiger partial charge in [0, 0.05) is 6.04 Å². The average Bonchev–Trinajstić information content (AvgIpc) is 2.31. The van der Waals surface area contributed by atoms with E-state index >= 15 is 0 Å². The van der Waals surface area contributed by atoms with Crippen molar-refractivity contribution in [2.45, 2.75) is 32.4 Å². The molecule has 1 amide bonds. The highest BCUT2D eigenvalue weighted by atomic mass is 16.4. The van der Waals surface area contributed by atoms with Gasteiger partial charge in [0.2, 0.25) is 0 Å². The van der Waals surface area contributed by atoms with Crippen molar-refractivity contribution in [2.75, 3.05) is 6.54 Å². The standard InChI is InChI=1S/C8H15NO3/c1-5(2)7-3-6(10)4-9(7)8(11)12/h5-7,10H,3-4H2,1-2H3,(H,11,12). The number of nitrogens with zero attached hydrogens (tertiary/aromatic N) is 1. The Morgan fingerprint density at radius 2 is 2.17 bits per heavy atom. The molecule has 0 spiro atoms. The van der Waals surface area contributed by atoms with Crippen LogP contribution in [0.3, 0.4) is 0 Å². The number of likely N-dealkylation sites (tertiary alicyclic amines) is 1. The van der Waals surface area contributed by atoms with E-state index in [0.29, 0.717) is 6.42 Å². The molecule has 1 heterocycles. The number of rotatable bonds is 1. The third kappa shape index (κ3) is 1.69. The predicted molar refractivity (Wildman–Crippen MR) is 44.0 cm³/mol. The van der Waals surface area contributed by atoms with Gasteiger partial charge in [0.05, 0.1) is 12.6 Å². The summed E-state index contributed by atoms with van der Waals surface area (Å²) in [5, 5.41) is 18.0. The van der Waals surface area contributed by atoms with Crippen LogP contribution in [0.2, 0.25) is 0 Å². The lowest BCUT2D eigenvalue weighted by Crippen LogP contribution is -2.37. The zero-order valence-electron chi connectivity index (χ0n) is 7.40. The average molecular weight is 173 g/mol. The molecule has 1 fully saturated rings. The van der Waals surface area contributed by atoms with E-state index in [4.69, 9.17) is 5.11 Å². The van der Waals surface area contributed by atoms with Gasteiger partial charge >= 0.3 is 6.09 Å². The van der Waals surface area contributed by atoms with Gasteiger partial charge in [-0.1, -0.05) is 13.8 Å². The molecule has 2 atom stereocenters. The number of hydrogen-bond acceptors (Lipinski definition) is 2. The van der Waals surface area contributed by atoms with E-state index in [2.05, 4.69) is 0 Å². The van der Waals surface area contributed by atoms with Crippen LogP contribution in [0.25, 0.3) is 0 Å². The zero-order chi connectivity index (χ0) is 9.30. The van der Waals surface area contributed by atoms with Crippen LogP contribution in [-0.4, -0.2) is 39.9 Å². The molecule has 0 saturated carbocycles. The third-order valence-electron chi connectivity index (χ3n) is 2.34. The summed E-state index contributed by atoms with van der Waals surface area (Å²) < 4.78 is 0. The molecule has 2 N–H and O–H groups in total. The number of hydrogen-bond donors (Lipinski definition) is 2. The van der Waals surface area contributed by atoms with Crippen LogP contribution < -0.4 is 0 Å².